The predicted octanol–water partition coefficient (Wildman–Crippen LogP) is 3.37. The van der Waals surface area contributed by atoms with Crippen molar-refractivity contribution in [2.75, 3.05) is 5.32 Å². The highest BCUT2D eigenvalue weighted by molar-refractivity contribution is 7.71. The molecule has 0 spiro atoms. The zero-order valence-electron chi connectivity index (χ0n) is 11.9. The molecule has 1 heterocycles. The fourth-order valence-corrected chi connectivity index (χ4v) is 2.65. The zero-order valence-corrected chi connectivity index (χ0v) is 12.7. The minimum absolute atomic E-state index is 0.0755. The first kappa shape index (κ1) is 14.0. The number of nitrogens with zero attached hydrogens (tertiary/aromatic N) is 2. The van der Waals surface area contributed by atoms with E-state index >= 15 is 0 Å². The molecule has 0 aliphatic heterocycles. The van der Waals surface area contributed by atoms with Gasteiger partial charge in [-0.1, -0.05) is 18.9 Å². The summed E-state index contributed by atoms with van der Waals surface area (Å²) in [7, 11) is 0. The largest absolute Gasteiger partial charge is 0.326 e. The molecule has 0 atom stereocenters. The molecule has 0 bridgehead atoms. The number of benzene rings is 1. The van der Waals surface area contributed by atoms with Crippen molar-refractivity contribution in [1.29, 1.82) is 0 Å². The van der Waals surface area contributed by atoms with Gasteiger partial charge in [-0.15, -0.1) is 0 Å². The second-order valence-electron chi connectivity index (χ2n) is 5.49. The summed E-state index contributed by atoms with van der Waals surface area (Å²) < 4.78 is 2.39. The van der Waals surface area contributed by atoms with E-state index in [2.05, 4.69) is 15.5 Å². The van der Waals surface area contributed by atoms with Crippen molar-refractivity contribution in [3.8, 4) is 5.69 Å². The summed E-state index contributed by atoms with van der Waals surface area (Å²) in [5, 5.41) is 9.81. The van der Waals surface area contributed by atoms with Crippen LogP contribution in [0.5, 0.6) is 0 Å². The van der Waals surface area contributed by atoms with Gasteiger partial charge in [0.25, 0.3) is 0 Å². The van der Waals surface area contributed by atoms with E-state index < -0.39 is 0 Å². The quantitative estimate of drug-likeness (QED) is 0.832. The van der Waals surface area contributed by atoms with Crippen LogP contribution in [0.15, 0.2) is 24.3 Å². The molecule has 1 saturated carbocycles. The molecule has 1 aliphatic carbocycles. The topological polar surface area (TPSA) is 62.7 Å². The number of carbonyl (C=O) groups is 1. The van der Waals surface area contributed by atoms with Crippen LogP contribution in [0.3, 0.4) is 0 Å². The maximum Gasteiger partial charge on any atom is 0.224 e. The van der Waals surface area contributed by atoms with Crippen molar-refractivity contribution in [1.82, 2.24) is 14.8 Å². The number of amides is 1. The predicted molar refractivity (Wildman–Crippen MR) is 84.1 cm³/mol. The number of aromatic amines is 1. The third-order valence-corrected chi connectivity index (χ3v) is 3.98. The van der Waals surface area contributed by atoms with Crippen LogP contribution in [-0.4, -0.2) is 20.7 Å². The fraction of sp³-hybridized carbons (Fsp3) is 0.400. The lowest BCUT2D eigenvalue weighted by molar-refractivity contribution is -0.116. The van der Waals surface area contributed by atoms with E-state index in [9.17, 15) is 4.79 Å². The lowest BCUT2D eigenvalue weighted by atomic mass is 10.2. The number of H-pyrrole nitrogens is 1. The van der Waals surface area contributed by atoms with Crippen molar-refractivity contribution in [2.24, 2.45) is 5.92 Å². The van der Waals surface area contributed by atoms with Gasteiger partial charge in [-0.05, 0) is 49.7 Å². The van der Waals surface area contributed by atoms with Gasteiger partial charge in [-0.2, -0.15) is 5.10 Å². The summed E-state index contributed by atoms with van der Waals surface area (Å²) in [6, 6.07) is 7.64. The number of nitrogens with one attached hydrogen (secondary N) is 2. The van der Waals surface area contributed by atoms with E-state index in [0.717, 1.165) is 29.5 Å². The molecule has 1 aromatic carbocycles. The molecule has 5 nitrogen and oxygen atoms in total. The van der Waals surface area contributed by atoms with Crippen molar-refractivity contribution in [3.05, 3.63) is 34.9 Å². The van der Waals surface area contributed by atoms with Gasteiger partial charge in [0, 0.05) is 12.1 Å². The van der Waals surface area contributed by atoms with Crippen LogP contribution in [0, 0.1) is 17.6 Å². The van der Waals surface area contributed by atoms with Crippen molar-refractivity contribution in [3.63, 3.8) is 0 Å². The molecule has 21 heavy (non-hydrogen) atoms. The Morgan fingerprint density at radius 3 is 3.00 bits per heavy atom. The van der Waals surface area contributed by atoms with E-state index in [1.807, 2.05) is 35.8 Å². The zero-order chi connectivity index (χ0) is 14.8. The highest BCUT2D eigenvalue weighted by Crippen LogP contribution is 2.33. The molecule has 2 N–H and O–H groups in total. The third kappa shape index (κ3) is 3.39. The Bertz CT molecular complexity index is 714. The van der Waals surface area contributed by atoms with Crippen molar-refractivity contribution < 1.29 is 4.79 Å². The summed E-state index contributed by atoms with van der Waals surface area (Å²) in [5.41, 5.74) is 1.68. The number of rotatable bonds is 5. The Morgan fingerprint density at radius 1 is 1.52 bits per heavy atom. The second-order valence-corrected chi connectivity index (χ2v) is 5.88. The number of hydrogen-bond donors (Lipinski definition) is 2. The van der Waals surface area contributed by atoms with E-state index in [4.69, 9.17) is 12.2 Å². The highest BCUT2D eigenvalue weighted by Gasteiger charge is 2.21. The fourth-order valence-electron chi connectivity index (χ4n) is 2.37. The molecule has 0 saturated heterocycles. The Balaban J connectivity index is 1.73. The summed E-state index contributed by atoms with van der Waals surface area (Å²) in [5.74, 6) is 1.64. The minimum Gasteiger partial charge on any atom is -0.326 e. The number of hydrogen-bond acceptors (Lipinski definition) is 3. The Morgan fingerprint density at radius 2 is 2.33 bits per heavy atom. The van der Waals surface area contributed by atoms with Crippen LogP contribution < -0.4 is 5.32 Å². The molecule has 3 rings (SSSR count). The molecule has 0 unspecified atom stereocenters. The van der Waals surface area contributed by atoms with E-state index in [1.54, 1.807) is 0 Å². The van der Waals surface area contributed by atoms with Crippen molar-refractivity contribution >= 4 is 23.8 Å². The maximum absolute atomic E-state index is 11.9. The number of anilines is 1. The summed E-state index contributed by atoms with van der Waals surface area (Å²) in [6.45, 7) is 1.88. The van der Waals surface area contributed by atoms with Gasteiger partial charge in [-0.3, -0.25) is 14.5 Å². The van der Waals surface area contributed by atoms with Crippen LogP contribution in [-0.2, 0) is 4.79 Å². The number of aromatic nitrogens is 3. The van der Waals surface area contributed by atoms with Crippen LogP contribution in [0.25, 0.3) is 5.69 Å². The molecular formula is C15H18N4OS. The molecule has 6 heteroatoms. The summed E-state index contributed by atoms with van der Waals surface area (Å²) >= 11 is 5.22. The van der Waals surface area contributed by atoms with Crippen LogP contribution in [0.2, 0.25) is 0 Å². The molecule has 1 aromatic heterocycles. The minimum atomic E-state index is 0.0755. The third-order valence-electron chi connectivity index (χ3n) is 3.70. The van der Waals surface area contributed by atoms with E-state index in [1.165, 1.54) is 12.8 Å². The summed E-state index contributed by atoms with van der Waals surface area (Å²) in [6.07, 6.45) is 4.15. The maximum atomic E-state index is 11.9. The Labute approximate surface area is 128 Å². The van der Waals surface area contributed by atoms with Crippen LogP contribution in [0.4, 0.5) is 5.69 Å². The molecule has 1 fully saturated rings. The van der Waals surface area contributed by atoms with Crippen LogP contribution >= 0.6 is 12.2 Å². The second kappa shape index (κ2) is 5.81. The van der Waals surface area contributed by atoms with Gasteiger partial charge in [0.2, 0.25) is 5.91 Å². The van der Waals surface area contributed by atoms with Gasteiger partial charge in [0.05, 0.1) is 5.69 Å². The molecule has 2 aromatic rings. The Kier molecular flexibility index (Phi) is 3.88. The smallest absolute Gasteiger partial charge is 0.224 e. The summed E-state index contributed by atoms with van der Waals surface area (Å²) in [4.78, 5) is 11.9. The molecule has 1 aliphatic rings. The first-order valence-corrected chi connectivity index (χ1v) is 7.58. The average Bonchev–Trinajstić information content (AvgIpc) is 3.22. The molecule has 1 amide bonds. The number of carbonyl (C=O) groups excluding carboxylic acids is 1. The van der Waals surface area contributed by atoms with Gasteiger partial charge in [-0.25, -0.2) is 0 Å². The average molecular weight is 302 g/mol. The standard InChI is InChI=1S/C15H18N4OS/c1-10-17-18-15(21)19(10)13-4-2-3-12(9-13)16-14(20)8-7-11-5-6-11/h2-4,9,11H,5-8H2,1H3,(H,16,20)(H,18,21). The van der Waals surface area contributed by atoms with Gasteiger partial charge < -0.3 is 5.32 Å². The lowest BCUT2D eigenvalue weighted by Crippen LogP contribution is -2.11. The monoisotopic (exact) mass is 302 g/mol. The Hall–Kier alpha value is -1.95. The molecule has 110 valence electrons. The lowest BCUT2D eigenvalue weighted by Gasteiger charge is -2.08. The first-order valence-electron chi connectivity index (χ1n) is 7.18. The normalized spacial score (nSPS) is 14.1. The van der Waals surface area contributed by atoms with E-state index in [-0.39, 0.29) is 5.91 Å². The van der Waals surface area contributed by atoms with Gasteiger partial charge in [0.15, 0.2) is 4.77 Å². The highest BCUT2D eigenvalue weighted by atomic mass is 32.1. The molecular weight excluding hydrogens is 284 g/mol. The van der Waals surface area contributed by atoms with Crippen molar-refractivity contribution in [2.45, 2.75) is 32.6 Å². The molecule has 0 radical (unpaired) electrons. The number of aryl methyl sites for hydroxylation is 1. The van der Waals surface area contributed by atoms with Gasteiger partial charge in [0.1, 0.15) is 5.82 Å². The van der Waals surface area contributed by atoms with Gasteiger partial charge >= 0.3 is 0 Å². The first-order chi connectivity index (χ1) is 10.1. The van der Waals surface area contributed by atoms with Crippen LogP contribution in [0.1, 0.15) is 31.5 Å². The van der Waals surface area contributed by atoms with E-state index in [0.29, 0.717) is 11.2 Å². The SMILES string of the molecule is Cc1n[nH]c(=S)n1-c1cccc(NC(=O)CCC2CC2)c1.